The number of rotatable bonds is 6. The van der Waals surface area contributed by atoms with Crippen LogP contribution in [0.5, 0.6) is 0 Å². The van der Waals surface area contributed by atoms with Gasteiger partial charge in [-0.3, -0.25) is 9.59 Å². The summed E-state index contributed by atoms with van der Waals surface area (Å²) in [5, 5.41) is 4.18. The van der Waals surface area contributed by atoms with Gasteiger partial charge in [-0.2, -0.15) is 11.3 Å². The van der Waals surface area contributed by atoms with Crippen LogP contribution in [-0.4, -0.2) is 29.8 Å². The lowest BCUT2D eigenvalue weighted by molar-refractivity contribution is -0.131. The fourth-order valence-corrected chi connectivity index (χ4v) is 4.93. The number of likely N-dealkylation sites (tertiary alicyclic amines) is 1. The highest BCUT2D eigenvalue weighted by Crippen LogP contribution is 2.35. The molecular formula is C25H26N2O2S. The predicted molar refractivity (Wildman–Crippen MR) is 121 cm³/mol. The summed E-state index contributed by atoms with van der Waals surface area (Å²) in [6.07, 6.45) is 1.51. The number of amides is 2. The van der Waals surface area contributed by atoms with E-state index in [1.54, 1.807) is 16.2 Å². The number of nitrogens with two attached hydrogens (primary N) is 1. The normalized spacial score (nSPS) is 18.5. The van der Waals surface area contributed by atoms with E-state index >= 15 is 0 Å². The van der Waals surface area contributed by atoms with Crippen LogP contribution in [0.1, 0.15) is 23.1 Å². The molecule has 2 aromatic carbocycles. The van der Waals surface area contributed by atoms with Crippen LogP contribution in [0.3, 0.4) is 0 Å². The average molecular weight is 419 g/mol. The molecule has 1 saturated heterocycles. The Balaban J connectivity index is 1.46. The molecule has 4 rings (SSSR count). The van der Waals surface area contributed by atoms with Gasteiger partial charge in [-0.05, 0) is 58.8 Å². The summed E-state index contributed by atoms with van der Waals surface area (Å²) in [5.74, 6) is -0.271. The Morgan fingerprint density at radius 1 is 1.07 bits per heavy atom. The molecule has 0 unspecified atom stereocenters. The van der Waals surface area contributed by atoms with Crippen molar-refractivity contribution in [1.29, 1.82) is 0 Å². The molecule has 3 aromatic rings. The Morgan fingerprint density at radius 2 is 1.87 bits per heavy atom. The Bertz CT molecular complexity index is 1040. The molecule has 5 heteroatoms. The molecule has 0 saturated carbocycles. The highest BCUT2D eigenvalue weighted by atomic mass is 32.1. The summed E-state index contributed by atoms with van der Waals surface area (Å²) in [6, 6.07) is 18.4. The van der Waals surface area contributed by atoms with Crippen LogP contribution in [0.2, 0.25) is 0 Å². The molecule has 2 N–H and O–H groups in total. The number of carbonyl (C=O) groups is 2. The summed E-state index contributed by atoms with van der Waals surface area (Å²) in [6.45, 7) is 2.98. The number of hydrogen-bond acceptors (Lipinski definition) is 3. The van der Waals surface area contributed by atoms with Crippen molar-refractivity contribution < 1.29 is 9.59 Å². The zero-order valence-electron chi connectivity index (χ0n) is 17.1. The van der Waals surface area contributed by atoms with Gasteiger partial charge in [0.1, 0.15) is 0 Å². The fourth-order valence-electron chi connectivity index (χ4n) is 4.26. The maximum absolute atomic E-state index is 12.8. The molecule has 0 radical (unpaired) electrons. The van der Waals surface area contributed by atoms with Crippen molar-refractivity contribution in [3.63, 3.8) is 0 Å². The minimum absolute atomic E-state index is 0.0523. The van der Waals surface area contributed by atoms with Crippen molar-refractivity contribution >= 4 is 23.2 Å². The molecule has 2 amide bonds. The zero-order chi connectivity index (χ0) is 21.1. The second kappa shape index (κ2) is 8.44. The first kappa shape index (κ1) is 20.4. The summed E-state index contributed by atoms with van der Waals surface area (Å²) < 4.78 is 0. The molecule has 0 aliphatic carbocycles. The van der Waals surface area contributed by atoms with E-state index in [1.165, 1.54) is 5.56 Å². The van der Waals surface area contributed by atoms with E-state index in [0.717, 1.165) is 22.3 Å². The molecule has 2 heterocycles. The number of nitrogens with zero attached hydrogens (tertiary/aromatic N) is 1. The fraction of sp³-hybridized carbons (Fsp3) is 0.280. The van der Waals surface area contributed by atoms with Gasteiger partial charge in [0.2, 0.25) is 11.8 Å². The van der Waals surface area contributed by atoms with Crippen LogP contribution in [-0.2, 0) is 22.4 Å². The summed E-state index contributed by atoms with van der Waals surface area (Å²) in [5.41, 5.74) is 10.7. The van der Waals surface area contributed by atoms with Crippen LogP contribution in [0.25, 0.3) is 11.1 Å². The standard InChI is InChI=1S/C25H26N2O2S/c1-18-3-2-4-20(13-18)14-23(28)27-11-10-25(17-27,24(26)29)15-19-5-7-21(8-6-19)22-9-12-30-16-22/h2-9,12-13,16H,10-11,14-15,17H2,1H3,(H2,26,29)/t25-/m1/s1. The first-order valence-corrected chi connectivity index (χ1v) is 11.1. The Morgan fingerprint density at radius 3 is 2.53 bits per heavy atom. The Labute approximate surface area is 181 Å². The van der Waals surface area contributed by atoms with Crippen LogP contribution >= 0.6 is 11.3 Å². The van der Waals surface area contributed by atoms with Gasteiger partial charge in [-0.15, -0.1) is 0 Å². The lowest BCUT2D eigenvalue weighted by atomic mass is 9.80. The van der Waals surface area contributed by atoms with Crippen molar-refractivity contribution in [2.45, 2.75) is 26.2 Å². The third-order valence-electron chi connectivity index (χ3n) is 6.02. The van der Waals surface area contributed by atoms with Gasteiger partial charge >= 0.3 is 0 Å². The number of benzene rings is 2. The molecular weight excluding hydrogens is 392 g/mol. The minimum Gasteiger partial charge on any atom is -0.369 e. The van der Waals surface area contributed by atoms with E-state index in [4.69, 9.17) is 5.73 Å². The van der Waals surface area contributed by atoms with E-state index < -0.39 is 5.41 Å². The van der Waals surface area contributed by atoms with Gasteiger partial charge in [0.15, 0.2) is 0 Å². The summed E-state index contributed by atoms with van der Waals surface area (Å²) in [4.78, 5) is 27.1. The molecule has 1 aliphatic rings. The van der Waals surface area contributed by atoms with Gasteiger partial charge in [-0.25, -0.2) is 0 Å². The lowest BCUT2D eigenvalue weighted by Crippen LogP contribution is -2.42. The van der Waals surface area contributed by atoms with E-state index in [2.05, 4.69) is 41.1 Å². The van der Waals surface area contributed by atoms with Crippen LogP contribution < -0.4 is 5.73 Å². The summed E-state index contributed by atoms with van der Waals surface area (Å²) >= 11 is 1.67. The maximum atomic E-state index is 12.8. The second-order valence-electron chi connectivity index (χ2n) is 8.26. The van der Waals surface area contributed by atoms with Gasteiger partial charge in [-0.1, -0.05) is 54.1 Å². The van der Waals surface area contributed by atoms with E-state index in [1.807, 2.05) is 31.2 Å². The van der Waals surface area contributed by atoms with E-state index in [9.17, 15) is 9.59 Å². The molecule has 154 valence electrons. The zero-order valence-corrected chi connectivity index (χ0v) is 18.0. The molecule has 1 aromatic heterocycles. The summed E-state index contributed by atoms with van der Waals surface area (Å²) in [7, 11) is 0. The van der Waals surface area contributed by atoms with Crippen molar-refractivity contribution in [2.75, 3.05) is 13.1 Å². The van der Waals surface area contributed by atoms with Gasteiger partial charge in [0, 0.05) is 13.1 Å². The SMILES string of the molecule is Cc1cccc(CC(=O)N2CC[C@](Cc3ccc(-c4ccsc4)cc3)(C(N)=O)C2)c1. The number of hydrogen-bond donors (Lipinski definition) is 1. The smallest absolute Gasteiger partial charge is 0.227 e. The minimum atomic E-state index is -0.702. The van der Waals surface area contributed by atoms with Crippen LogP contribution in [0.4, 0.5) is 0 Å². The van der Waals surface area contributed by atoms with Crippen molar-refractivity contribution in [3.8, 4) is 11.1 Å². The van der Waals surface area contributed by atoms with E-state index in [0.29, 0.717) is 32.4 Å². The Hall–Kier alpha value is -2.92. The molecule has 0 spiro atoms. The molecule has 30 heavy (non-hydrogen) atoms. The Kier molecular flexibility index (Phi) is 5.73. The largest absolute Gasteiger partial charge is 0.369 e. The quantitative estimate of drug-likeness (QED) is 0.652. The molecule has 1 fully saturated rings. The number of carbonyl (C=O) groups excluding carboxylic acids is 2. The molecule has 1 atom stereocenters. The number of primary amides is 1. The van der Waals surface area contributed by atoms with Gasteiger partial charge < -0.3 is 10.6 Å². The van der Waals surface area contributed by atoms with Crippen molar-refractivity contribution in [1.82, 2.24) is 4.90 Å². The number of aryl methyl sites for hydroxylation is 1. The lowest BCUT2D eigenvalue weighted by Gasteiger charge is -2.26. The molecule has 4 nitrogen and oxygen atoms in total. The predicted octanol–water partition coefficient (Wildman–Crippen LogP) is 4.21. The average Bonchev–Trinajstić information content (AvgIpc) is 3.40. The van der Waals surface area contributed by atoms with Gasteiger partial charge in [0.25, 0.3) is 0 Å². The van der Waals surface area contributed by atoms with E-state index in [-0.39, 0.29) is 11.8 Å². The first-order valence-electron chi connectivity index (χ1n) is 10.2. The maximum Gasteiger partial charge on any atom is 0.227 e. The monoisotopic (exact) mass is 418 g/mol. The molecule has 0 bridgehead atoms. The highest BCUT2D eigenvalue weighted by Gasteiger charge is 2.44. The highest BCUT2D eigenvalue weighted by molar-refractivity contribution is 7.08. The third kappa shape index (κ3) is 4.31. The molecule has 1 aliphatic heterocycles. The first-order chi connectivity index (χ1) is 14.4. The van der Waals surface area contributed by atoms with Crippen molar-refractivity contribution in [3.05, 3.63) is 82.0 Å². The van der Waals surface area contributed by atoms with Crippen molar-refractivity contribution in [2.24, 2.45) is 11.1 Å². The third-order valence-corrected chi connectivity index (χ3v) is 6.70. The number of thiophene rings is 1. The second-order valence-corrected chi connectivity index (χ2v) is 9.04. The topological polar surface area (TPSA) is 63.4 Å². The van der Waals surface area contributed by atoms with Crippen LogP contribution in [0, 0.1) is 12.3 Å². The van der Waals surface area contributed by atoms with Crippen LogP contribution in [0.15, 0.2) is 65.4 Å². The van der Waals surface area contributed by atoms with Gasteiger partial charge in [0.05, 0.1) is 11.8 Å².